The molecule has 3 aliphatic heterocycles. The van der Waals surface area contributed by atoms with Gasteiger partial charge in [0.25, 0.3) is 5.91 Å². The number of sulfone groups is 1. The smallest absolute Gasteiger partial charge is 0.251 e. The van der Waals surface area contributed by atoms with E-state index in [1.165, 1.54) is 0 Å². The van der Waals surface area contributed by atoms with Gasteiger partial charge in [-0.3, -0.25) is 9.78 Å². The highest BCUT2D eigenvalue weighted by atomic mass is 32.2. The van der Waals surface area contributed by atoms with Gasteiger partial charge in [-0.25, -0.2) is 35.9 Å². The molecule has 15 heteroatoms. The number of rotatable bonds is 5. The number of fused-ring (bicyclic) bond motifs is 3. The Morgan fingerprint density at radius 1 is 1.04 bits per heavy atom. The summed E-state index contributed by atoms with van der Waals surface area (Å²) in [6, 6.07) is 9.10. The number of halogens is 4. The predicted octanol–water partition coefficient (Wildman–Crippen LogP) is 4.53. The number of benzene rings is 1. The lowest BCUT2D eigenvalue weighted by Gasteiger charge is -2.30. The molecule has 46 heavy (non-hydrogen) atoms. The fourth-order valence-corrected chi connectivity index (χ4v) is 7.33. The van der Waals surface area contributed by atoms with Gasteiger partial charge in [0.05, 0.1) is 49.3 Å². The second kappa shape index (κ2) is 11.7. The Morgan fingerprint density at radius 2 is 1.85 bits per heavy atom. The maximum absolute atomic E-state index is 14.7. The highest BCUT2D eigenvalue weighted by Crippen LogP contribution is 2.36. The number of aromatic nitrogens is 3. The average Bonchev–Trinajstić information content (AvgIpc) is 3.34. The van der Waals surface area contributed by atoms with Crippen molar-refractivity contribution in [3.8, 4) is 5.75 Å². The number of carbonyl (C=O) groups is 1. The number of carbonyl (C=O) groups excluding carboxylic acids is 1. The van der Waals surface area contributed by atoms with Crippen LogP contribution in [-0.4, -0.2) is 73.4 Å². The Balaban J connectivity index is 1.10. The fourth-order valence-electron chi connectivity index (χ4n) is 5.95. The van der Waals surface area contributed by atoms with Gasteiger partial charge in [0.1, 0.15) is 16.5 Å². The Labute approximate surface area is 261 Å². The van der Waals surface area contributed by atoms with E-state index in [-0.39, 0.29) is 31.8 Å². The minimum atomic E-state index is -4.54. The van der Waals surface area contributed by atoms with E-state index in [1.54, 1.807) is 23.4 Å². The van der Waals surface area contributed by atoms with Crippen molar-refractivity contribution in [1.29, 1.82) is 0 Å². The molecule has 0 unspecified atom stereocenters. The number of alkyl halides is 3. The number of hydrogen-bond acceptors (Lipinski definition) is 9. The molecule has 240 valence electrons. The summed E-state index contributed by atoms with van der Waals surface area (Å²) in [6.45, 7) is 0.255. The predicted molar refractivity (Wildman–Crippen MR) is 161 cm³/mol. The molecule has 3 aromatic heterocycles. The first-order chi connectivity index (χ1) is 22.1. The minimum Gasteiger partial charge on any atom is -0.489 e. The Kier molecular flexibility index (Phi) is 7.65. The summed E-state index contributed by atoms with van der Waals surface area (Å²) in [5.41, 5.74) is 0.0827. The van der Waals surface area contributed by atoms with Gasteiger partial charge in [0, 0.05) is 30.1 Å². The Morgan fingerprint density at radius 3 is 2.65 bits per heavy atom. The minimum absolute atomic E-state index is 0.00492. The Hall–Kier alpha value is -4.53. The van der Waals surface area contributed by atoms with Crippen LogP contribution in [0.2, 0.25) is 0 Å². The van der Waals surface area contributed by atoms with Crippen molar-refractivity contribution in [2.75, 3.05) is 36.0 Å². The van der Waals surface area contributed by atoms with Crippen LogP contribution in [0.3, 0.4) is 0 Å². The lowest BCUT2D eigenvalue weighted by molar-refractivity contribution is 0.0949. The largest absolute Gasteiger partial charge is 0.489 e. The lowest BCUT2D eigenvalue weighted by Crippen LogP contribution is -2.27. The average molecular weight is 657 g/mol. The maximum Gasteiger partial charge on any atom is 0.251 e. The zero-order chi connectivity index (χ0) is 32.2. The highest BCUT2D eigenvalue weighted by molar-refractivity contribution is 7.92. The molecule has 6 heterocycles. The molecule has 0 spiro atoms. The van der Waals surface area contributed by atoms with Crippen molar-refractivity contribution >= 4 is 44.0 Å². The van der Waals surface area contributed by atoms with Crippen LogP contribution in [0.5, 0.6) is 5.75 Å². The fraction of sp³-hybridized carbons (Fsp3) is 0.355. The van der Waals surface area contributed by atoms with E-state index in [9.17, 15) is 30.8 Å². The van der Waals surface area contributed by atoms with E-state index in [0.29, 0.717) is 29.3 Å². The molecule has 3 aliphatic rings. The van der Waals surface area contributed by atoms with Crippen molar-refractivity contribution in [3.63, 3.8) is 0 Å². The summed E-state index contributed by atoms with van der Waals surface area (Å²) in [5.74, 6) is -1.11. The van der Waals surface area contributed by atoms with Crippen LogP contribution in [0.4, 0.5) is 34.9 Å². The summed E-state index contributed by atoms with van der Waals surface area (Å²) in [4.78, 5) is 29.7. The first-order valence-electron chi connectivity index (χ1n) is 14.8. The van der Waals surface area contributed by atoms with Crippen molar-refractivity contribution in [2.24, 2.45) is 0 Å². The first-order valence-corrected chi connectivity index (χ1v) is 16.3. The molecule has 4 aromatic rings. The highest BCUT2D eigenvalue weighted by Gasteiger charge is 2.36. The first kappa shape index (κ1) is 30.1. The van der Waals surface area contributed by atoms with Crippen LogP contribution < -0.4 is 19.9 Å². The van der Waals surface area contributed by atoms with Crippen molar-refractivity contribution in [1.82, 2.24) is 20.3 Å². The van der Waals surface area contributed by atoms with Gasteiger partial charge >= 0.3 is 0 Å². The van der Waals surface area contributed by atoms with Gasteiger partial charge in [0.2, 0.25) is 15.3 Å². The van der Waals surface area contributed by atoms with Gasteiger partial charge in [-0.15, -0.1) is 0 Å². The third-order valence-corrected chi connectivity index (χ3v) is 10.2. The number of aryl methyl sites for hydroxylation is 1. The number of nitrogens with one attached hydrogen (secondary N) is 1. The van der Waals surface area contributed by atoms with Crippen LogP contribution >= 0.6 is 0 Å². The van der Waals surface area contributed by atoms with Crippen molar-refractivity contribution in [2.45, 2.75) is 48.5 Å². The van der Waals surface area contributed by atoms with Crippen LogP contribution in [0.1, 0.15) is 34.5 Å². The normalized spacial score (nSPS) is 22.1. The zero-order valence-corrected chi connectivity index (χ0v) is 25.1. The number of pyridine rings is 3. The summed E-state index contributed by atoms with van der Waals surface area (Å²) in [5, 5.41) is 3.34. The van der Waals surface area contributed by atoms with Gasteiger partial charge < -0.3 is 19.9 Å². The van der Waals surface area contributed by atoms with E-state index < -0.39 is 56.5 Å². The molecule has 0 bridgehead atoms. The summed E-state index contributed by atoms with van der Waals surface area (Å²) in [6.07, 6.45) is 1.33. The van der Waals surface area contributed by atoms with Crippen LogP contribution in [0, 0.1) is 5.82 Å². The van der Waals surface area contributed by atoms with Crippen molar-refractivity contribution in [3.05, 3.63) is 71.4 Å². The quantitative estimate of drug-likeness (QED) is 0.310. The third kappa shape index (κ3) is 5.46. The molecule has 1 aromatic carbocycles. The van der Waals surface area contributed by atoms with E-state index in [2.05, 4.69) is 15.3 Å². The standard InChI is InChI=1S/C31H28F4N6O4S/c32-22-9-19(10-26-29(22)45-7-5-27(35)46(26,43)44)31(42)38-13-20-11-25-18(12-36-20)3-4-28(39-25)41-6-1-2-17-8-21(14-37-30(17)41)40-15-23(33)24(34)16-40/h3-4,8-12,14,23-24,27H,1-2,5-7,13,15-16H2,(H,38,42)/t23-,24-,27-/m1/s1. The number of nitrogens with zero attached hydrogens (tertiary/aromatic N) is 5. The van der Waals surface area contributed by atoms with Crippen molar-refractivity contribution < 1.29 is 35.5 Å². The lowest BCUT2D eigenvalue weighted by atomic mass is 10.0. The summed E-state index contributed by atoms with van der Waals surface area (Å²) in [7, 11) is -4.54. The third-order valence-electron chi connectivity index (χ3n) is 8.39. The second-order valence-corrected chi connectivity index (χ2v) is 13.5. The molecule has 10 nitrogen and oxygen atoms in total. The summed E-state index contributed by atoms with van der Waals surface area (Å²) < 4.78 is 86.8. The monoisotopic (exact) mass is 656 g/mol. The molecule has 3 atom stereocenters. The van der Waals surface area contributed by atoms with E-state index in [0.717, 1.165) is 41.7 Å². The van der Waals surface area contributed by atoms with Crippen LogP contribution in [-0.2, 0) is 22.8 Å². The van der Waals surface area contributed by atoms with Crippen LogP contribution in [0.25, 0.3) is 10.9 Å². The van der Waals surface area contributed by atoms with E-state index in [1.807, 2.05) is 23.1 Å². The second-order valence-electron chi connectivity index (χ2n) is 11.5. The molecule has 0 aliphatic carbocycles. The van der Waals surface area contributed by atoms with E-state index in [4.69, 9.17) is 9.72 Å². The molecule has 1 fully saturated rings. The Bertz CT molecular complexity index is 1960. The van der Waals surface area contributed by atoms with Gasteiger partial charge in [-0.05, 0) is 54.8 Å². The SMILES string of the molecule is O=C(NCc1cc2nc(N3CCCc4cc(N5C[C@@H](F)[C@H](F)C5)cnc43)ccc2cn1)c1cc(F)c2c(c1)S(=O)(=O)[C@@H](F)CCO2. The van der Waals surface area contributed by atoms with Gasteiger partial charge in [-0.1, -0.05) is 0 Å². The molecule has 0 radical (unpaired) electrons. The van der Waals surface area contributed by atoms with Gasteiger partial charge in [0.15, 0.2) is 23.9 Å². The molecule has 1 N–H and O–H groups in total. The molecule has 7 rings (SSSR count). The number of hydrogen-bond donors (Lipinski definition) is 1. The summed E-state index contributed by atoms with van der Waals surface area (Å²) >= 11 is 0. The number of amides is 1. The molecule has 0 saturated carbocycles. The number of ether oxygens (including phenoxy) is 1. The van der Waals surface area contributed by atoms with Crippen LogP contribution in [0.15, 0.2) is 53.7 Å². The van der Waals surface area contributed by atoms with E-state index >= 15 is 0 Å². The number of anilines is 3. The molecule has 1 amide bonds. The molecular weight excluding hydrogens is 628 g/mol. The maximum atomic E-state index is 14.7. The molecular formula is C31H28F4N6O4S. The topological polar surface area (TPSA) is 118 Å². The zero-order valence-electron chi connectivity index (χ0n) is 24.3. The molecule has 1 saturated heterocycles. The van der Waals surface area contributed by atoms with Gasteiger partial charge in [-0.2, -0.15) is 0 Å².